The summed E-state index contributed by atoms with van der Waals surface area (Å²) in [4.78, 5) is 6.80. The van der Waals surface area contributed by atoms with E-state index >= 15 is 0 Å². The van der Waals surface area contributed by atoms with E-state index in [1.165, 1.54) is 0 Å². The fraction of sp³-hybridized carbons (Fsp3) is 0.250. The average Bonchev–Trinajstić information content (AvgIpc) is 2.89. The number of sulfonamides is 1. The molecule has 0 bridgehead atoms. The number of aromatic amines is 1. The monoisotopic (exact) mass is 265 g/mol. The number of nitrogens with one attached hydrogen (secondary N) is 2. The smallest absolute Gasteiger partial charge is 0.212 e. The second-order valence-electron chi connectivity index (χ2n) is 3.91. The van der Waals surface area contributed by atoms with Gasteiger partial charge in [-0.15, -0.1) is 0 Å². The van der Waals surface area contributed by atoms with Crippen molar-refractivity contribution in [2.24, 2.45) is 0 Å². The van der Waals surface area contributed by atoms with E-state index in [9.17, 15) is 8.42 Å². The Hall–Kier alpha value is -1.66. The molecular formula is C12H15N3O2S. The van der Waals surface area contributed by atoms with Crippen LogP contribution in [-0.2, 0) is 23.0 Å². The summed E-state index contributed by atoms with van der Waals surface area (Å²) in [6.45, 7) is 0.199. The Morgan fingerprint density at radius 3 is 2.67 bits per heavy atom. The average molecular weight is 265 g/mol. The summed E-state index contributed by atoms with van der Waals surface area (Å²) in [5, 5.41) is 0. The molecule has 0 aliphatic heterocycles. The zero-order valence-corrected chi connectivity index (χ0v) is 10.7. The van der Waals surface area contributed by atoms with E-state index in [1.807, 2.05) is 30.3 Å². The molecule has 18 heavy (non-hydrogen) atoms. The molecule has 0 saturated heterocycles. The Kier molecular flexibility index (Phi) is 4.11. The van der Waals surface area contributed by atoms with Gasteiger partial charge in [0, 0.05) is 12.4 Å². The molecule has 2 N–H and O–H groups in total. The fourth-order valence-corrected chi connectivity index (χ4v) is 2.55. The number of aromatic nitrogens is 2. The molecule has 0 spiro atoms. The van der Waals surface area contributed by atoms with Crippen molar-refractivity contribution in [3.63, 3.8) is 0 Å². The predicted molar refractivity (Wildman–Crippen MR) is 69.4 cm³/mol. The summed E-state index contributed by atoms with van der Waals surface area (Å²) >= 11 is 0. The van der Waals surface area contributed by atoms with Crippen LogP contribution in [0.3, 0.4) is 0 Å². The first kappa shape index (κ1) is 12.8. The molecule has 0 saturated carbocycles. The van der Waals surface area contributed by atoms with Crippen LogP contribution in [0.25, 0.3) is 0 Å². The lowest BCUT2D eigenvalue weighted by Gasteiger charge is -2.05. The van der Waals surface area contributed by atoms with Gasteiger partial charge >= 0.3 is 0 Å². The number of hydrogen-bond donors (Lipinski definition) is 2. The van der Waals surface area contributed by atoms with Crippen molar-refractivity contribution in [1.82, 2.24) is 14.7 Å². The van der Waals surface area contributed by atoms with E-state index in [1.54, 1.807) is 12.4 Å². The Morgan fingerprint density at radius 2 is 2.00 bits per heavy atom. The molecule has 0 aliphatic rings. The molecule has 1 aromatic carbocycles. The first-order chi connectivity index (χ1) is 8.66. The summed E-state index contributed by atoms with van der Waals surface area (Å²) in [7, 11) is -3.27. The van der Waals surface area contributed by atoms with Crippen LogP contribution in [0.15, 0.2) is 42.7 Å². The molecule has 0 atom stereocenters. The van der Waals surface area contributed by atoms with Gasteiger partial charge in [0.05, 0.1) is 12.3 Å². The lowest BCUT2D eigenvalue weighted by molar-refractivity contribution is 0.579. The maximum absolute atomic E-state index is 11.7. The maximum atomic E-state index is 11.7. The highest BCUT2D eigenvalue weighted by Gasteiger charge is 2.10. The fourth-order valence-electron chi connectivity index (χ4n) is 1.54. The first-order valence-corrected chi connectivity index (χ1v) is 7.30. The van der Waals surface area contributed by atoms with Gasteiger partial charge < -0.3 is 4.98 Å². The van der Waals surface area contributed by atoms with Crippen molar-refractivity contribution in [1.29, 1.82) is 0 Å². The molecule has 6 heteroatoms. The summed E-state index contributed by atoms with van der Waals surface area (Å²) < 4.78 is 26.0. The third kappa shape index (κ3) is 3.97. The van der Waals surface area contributed by atoms with Crippen molar-refractivity contribution < 1.29 is 8.42 Å². The van der Waals surface area contributed by atoms with Gasteiger partial charge in [-0.05, 0) is 12.0 Å². The third-order valence-corrected chi connectivity index (χ3v) is 3.84. The first-order valence-electron chi connectivity index (χ1n) is 5.65. The van der Waals surface area contributed by atoms with Gasteiger partial charge in [0.2, 0.25) is 10.0 Å². The lowest BCUT2D eigenvalue weighted by atomic mass is 10.2. The van der Waals surface area contributed by atoms with Crippen LogP contribution in [0, 0.1) is 0 Å². The molecule has 2 rings (SSSR count). The molecule has 0 aliphatic carbocycles. The number of nitrogens with zero attached hydrogens (tertiary/aromatic N) is 1. The molecule has 1 heterocycles. The number of hydrogen-bond acceptors (Lipinski definition) is 3. The highest BCUT2D eigenvalue weighted by atomic mass is 32.2. The molecule has 0 amide bonds. The third-order valence-electron chi connectivity index (χ3n) is 2.52. The van der Waals surface area contributed by atoms with E-state index in [4.69, 9.17) is 0 Å². The maximum Gasteiger partial charge on any atom is 0.212 e. The van der Waals surface area contributed by atoms with E-state index < -0.39 is 10.0 Å². The topological polar surface area (TPSA) is 74.8 Å². The van der Waals surface area contributed by atoms with Crippen molar-refractivity contribution in [2.75, 3.05) is 5.75 Å². The molecule has 0 radical (unpaired) electrons. The predicted octanol–water partition coefficient (Wildman–Crippen LogP) is 1.07. The molecule has 0 fully saturated rings. The van der Waals surface area contributed by atoms with Crippen molar-refractivity contribution >= 4 is 10.0 Å². The summed E-state index contributed by atoms with van der Waals surface area (Å²) in [5.74, 6) is 0.691. The van der Waals surface area contributed by atoms with Crippen LogP contribution in [0.1, 0.15) is 11.4 Å². The second-order valence-corrected chi connectivity index (χ2v) is 5.84. The minimum absolute atomic E-state index is 0.0811. The van der Waals surface area contributed by atoms with Gasteiger partial charge in [0.15, 0.2) is 0 Å². The van der Waals surface area contributed by atoms with Gasteiger partial charge in [0.1, 0.15) is 5.82 Å². The van der Waals surface area contributed by atoms with Crippen LogP contribution in [0.5, 0.6) is 0 Å². The SMILES string of the molecule is O=S(=O)(CCc1ccccc1)NCc1ncc[nH]1. The molecule has 0 unspecified atom stereocenters. The number of imidazole rings is 1. The van der Waals surface area contributed by atoms with Crippen molar-refractivity contribution in [3.8, 4) is 0 Å². The van der Waals surface area contributed by atoms with E-state index in [0.717, 1.165) is 5.56 Å². The Bertz CT molecular complexity index is 565. The van der Waals surface area contributed by atoms with Crippen LogP contribution in [0.4, 0.5) is 0 Å². The van der Waals surface area contributed by atoms with Gasteiger partial charge in [0.25, 0.3) is 0 Å². The molecule has 5 nitrogen and oxygen atoms in total. The van der Waals surface area contributed by atoms with E-state index in [0.29, 0.717) is 12.2 Å². The van der Waals surface area contributed by atoms with Crippen LogP contribution in [0.2, 0.25) is 0 Å². The Labute approximate surface area is 106 Å². The van der Waals surface area contributed by atoms with Gasteiger partial charge in [-0.1, -0.05) is 30.3 Å². The lowest BCUT2D eigenvalue weighted by Crippen LogP contribution is -2.27. The Balaban J connectivity index is 1.84. The molecule has 1 aromatic heterocycles. The van der Waals surface area contributed by atoms with Gasteiger partial charge in [-0.2, -0.15) is 0 Å². The summed E-state index contributed by atoms with van der Waals surface area (Å²) in [6.07, 6.45) is 3.76. The zero-order chi connectivity index (χ0) is 12.8. The highest BCUT2D eigenvalue weighted by Crippen LogP contribution is 2.01. The highest BCUT2D eigenvalue weighted by molar-refractivity contribution is 7.89. The number of H-pyrrole nitrogens is 1. The van der Waals surface area contributed by atoms with Crippen molar-refractivity contribution in [2.45, 2.75) is 13.0 Å². The zero-order valence-electron chi connectivity index (χ0n) is 9.83. The molecule has 2 aromatic rings. The normalized spacial score (nSPS) is 11.6. The van der Waals surface area contributed by atoms with Gasteiger partial charge in [-0.25, -0.2) is 18.1 Å². The van der Waals surface area contributed by atoms with Gasteiger partial charge in [-0.3, -0.25) is 0 Å². The molecule has 96 valence electrons. The summed E-state index contributed by atoms with van der Waals surface area (Å²) in [5.41, 5.74) is 1.01. The minimum Gasteiger partial charge on any atom is -0.347 e. The number of aryl methyl sites for hydroxylation is 1. The Morgan fingerprint density at radius 1 is 1.22 bits per heavy atom. The van der Waals surface area contributed by atoms with Crippen molar-refractivity contribution in [3.05, 3.63) is 54.1 Å². The van der Waals surface area contributed by atoms with E-state index in [2.05, 4.69) is 14.7 Å². The largest absolute Gasteiger partial charge is 0.347 e. The molecular weight excluding hydrogens is 250 g/mol. The van der Waals surface area contributed by atoms with Crippen LogP contribution >= 0.6 is 0 Å². The van der Waals surface area contributed by atoms with E-state index in [-0.39, 0.29) is 12.3 Å². The number of rotatable bonds is 6. The summed E-state index contributed by atoms with van der Waals surface area (Å²) in [6, 6.07) is 9.55. The van der Waals surface area contributed by atoms with Crippen LogP contribution in [-0.4, -0.2) is 24.1 Å². The quantitative estimate of drug-likeness (QED) is 0.820. The number of benzene rings is 1. The second kappa shape index (κ2) is 5.79. The standard InChI is InChI=1S/C12H15N3O2S/c16-18(17,15-10-12-13-7-8-14-12)9-6-11-4-2-1-3-5-11/h1-5,7-8,15H,6,9-10H2,(H,13,14). The van der Waals surface area contributed by atoms with Crippen LogP contribution < -0.4 is 4.72 Å². The minimum atomic E-state index is -3.27.